The first-order valence-electron chi connectivity index (χ1n) is 9.40. The van der Waals surface area contributed by atoms with Gasteiger partial charge in [0.1, 0.15) is 22.9 Å². The van der Waals surface area contributed by atoms with Gasteiger partial charge in [0, 0.05) is 32.0 Å². The van der Waals surface area contributed by atoms with Crippen LogP contribution >= 0.6 is 0 Å². The monoisotopic (exact) mass is 383 g/mol. The van der Waals surface area contributed by atoms with Gasteiger partial charge in [-0.2, -0.15) is 0 Å². The topological polar surface area (TPSA) is 55.8 Å². The first kappa shape index (κ1) is 18.5. The van der Waals surface area contributed by atoms with E-state index in [1.165, 1.54) is 12.1 Å². The normalized spacial score (nSPS) is 17.8. The van der Waals surface area contributed by atoms with Gasteiger partial charge < -0.3 is 14.4 Å². The van der Waals surface area contributed by atoms with E-state index in [0.717, 1.165) is 5.56 Å². The van der Waals surface area contributed by atoms with Crippen LogP contribution in [-0.2, 0) is 11.2 Å². The van der Waals surface area contributed by atoms with Gasteiger partial charge in [-0.05, 0) is 29.8 Å². The molecule has 5 nitrogen and oxygen atoms in total. The van der Waals surface area contributed by atoms with Crippen molar-refractivity contribution in [3.05, 3.63) is 59.4 Å². The summed E-state index contributed by atoms with van der Waals surface area (Å²) in [5.74, 6) is 0.963. The van der Waals surface area contributed by atoms with E-state index in [-0.39, 0.29) is 23.9 Å². The van der Waals surface area contributed by atoms with E-state index < -0.39 is 5.60 Å². The number of carbonyl (C=O) groups excluding carboxylic acids is 2. The maximum absolute atomic E-state index is 13.0. The lowest BCUT2D eigenvalue weighted by Crippen LogP contribution is -2.52. The molecule has 2 aliphatic rings. The highest BCUT2D eigenvalue weighted by Gasteiger charge is 2.43. The number of piperidine rings is 1. The number of ketones is 1. The van der Waals surface area contributed by atoms with E-state index in [1.54, 1.807) is 42.3 Å². The Morgan fingerprint density at radius 1 is 1.18 bits per heavy atom. The molecule has 0 radical (unpaired) electrons. The molecule has 146 valence electrons. The van der Waals surface area contributed by atoms with Crippen LogP contribution in [0.1, 0.15) is 35.2 Å². The molecule has 0 atom stereocenters. The number of carbonyl (C=O) groups is 2. The Labute approximate surface area is 163 Å². The summed E-state index contributed by atoms with van der Waals surface area (Å²) in [6, 6.07) is 11.2. The second-order valence-electron chi connectivity index (χ2n) is 7.43. The minimum absolute atomic E-state index is 0.00524. The van der Waals surface area contributed by atoms with Crippen LogP contribution in [-0.4, -0.2) is 42.4 Å². The molecule has 1 fully saturated rings. The number of halogens is 1. The lowest BCUT2D eigenvalue weighted by Gasteiger charge is -2.44. The van der Waals surface area contributed by atoms with Crippen molar-refractivity contribution in [2.24, 2.45) is 0 Å². The van der Waals surface area contributed by atoms with Gasteiger partial charge in [0.15, 0.2) is 5.78 Å². The second-order valence-corrected chi connectivity index (χ2v) is 7.43. The second kappa shape index (κ2) is 7.26. The largest absolute Gasteiger partial charge is 0.497 e. The van der Waals surface area contributed by atoms with E-state index >= 15 is 0 Å². The summed E-state index contributed by atoms with van der Waals surface area (Å²) in [5.41, 5.74) is 0.807. The summed E-state index contributed by atoms with van der Waals surface area (Å²) < 4.78 is 24.5. The van der Waals surface area contributed by atoms with Crippen LogP contribution in [0.5, 0.6) is 11.5 Å². The van der Waals surface area contributed by atoms with E-state index in [4.69, 9.17) is 9.47 Å². The van der Waals surface area contributed by atoms with Crippen molar-refractivity contribution < 1.29 is 23.5 Å². The maximum atomic E-state index is 13.0. The molecule has 0 unspecified atom stereocenters. The van der Waals surface area contributed by atoms with Crippen LogP contribution in [0.15, 0.2) is 42.5 Å². The summed E-state index contributed by atoms with van der Waals surface area (Å²) in [5, 5.41) is 0. The number of ether oxygens (including phenoxy) is 2. The van der Waals surface area contributed by atoms with Gasteiger partial charge in [0.05, 0.1) is 25.5 Å². The van der Waals surface area contributed by atoms with Gasteiger partial charge >= 0.3 is 0 Å². The Morgan fingerprint density at radius 3 is 2.57 bits per heavy atom. The Kier molecular flexibility index (Phi) is 4.79. The SMILES string of the molecule is COc1ccc2c(c1)OC1(CCN(C(=O)Cc3ccc(F)cc3)CC1)CC2=O. The van der Waals surface area contributed by atoms with Crippen LogP contribution in [0.4, 0.5) is 4.39 Å². The van der Waals surface area contributed by atoms with Crippen molar-refractivity contribution in [1.29, 1.82) is 0 Å². The zero-order valence-electron chi connectivity index (χ0n) is 15.7. The molecule has 2 aromatic rings. The molecule has 2 heterocycles. The molecule has 1 amide bonds. The van der Waals surface area contributed by atoms with Crippen LogP contribution in [0.3, 0.4) is 0 Å². The summed E-state index contributed by atoms with van der Waals surface area (Å²) in [4.78, 5) is 27.0. The summed E-state index contributed by atoms with van der Waals surface area (Å²) in [7, 11) is 1.58. The molecule has 0 N–H and O–H groups in total. The van der Waals surface area contributed by atoms with Gasteiger partial charge in [-0.1, -0.05) is 12.1 Å². The number of amides is 1. The van der Waals surface area contributed by atoms with Crippen molar-refractivity contribution in [3.63, 3.8) is 0 Å². The van der Waals surface area contributed by atoms with Crippen molar-refractivity contribution in [2.45, 2.75) is 31.3 Å². The highest BCUT2D eigenvalue weighted by Crippen LogP contribution is 2.40. The Bertz CT molecular complexity index is 901. The average Bonchev–Trinajstić information content (AvgIpc) is 2.69. The quantitative estimate of drug-likeness (QED) is 0.815. The Hall–Kier alpha value is -2.89. The van der Waals surface area contributed by atoms with Crippen LogP contribution < -0.4 is 9.47 Å². The summed E-state index contributed by atoms with van der Waals surface area (Å²) in [6.45, 7) is 1.07. The zero-order valence-corrected chi connectivity index (χ0v) is 15.7. The Morgan fingerprint density at radius 2 is 1.89 bits per heavy atom. The molecule has 1 spiro atoms. The fourth-order valence-corrected chi connectivity index (χ4v) is 3.93. The summed E-state index contributed by atoms with van der Waals surface area (Å²) in [6.07, 6.45) is 1.77. The molecular formula is C22H22FNO4. The minimum atomic E-state index is -0.566. The number of nitrogens with zero attached hydrogens (tertiary/aromatic N) is 1. The third-order valence-corrected chi connectivity index (χ3v) is 5.59. The molecular weight excluding hydrogens is 361 g/mol. The molecule has 0 aliphatic carbocycles. The highest BCUT2D eigenvalue weighted by molar-refractivity contribution is 6.00. The minimum Gasteiger partial charge on any atom is -0.497 e. The standard InChI is InChI=1S/C22H22FNO4/c1-27-17-6-7-18-19(25)14-22(28-20(18)13-17)8-10-24(11-9-22)21(26)12-15-2-4-16(23)5-3-15/h2-7,13H,8-12,14H2,1H3. The number of fused-ring (bicyclic) bond motifs is 1. The van der Waals surface area contributed by atoms with Crippen molar-refractivity contribution >= 4 is 11.7 Å². The number of likely N-dealkylation sites (tertiary alicyclic amines) is 1. The number of hydrogen-bond acceptors (Lipinski definition) is 4. The first-order valence-corrected chi connectivity index (χ1v) is 9.40. The number of methoxy groups -OCH3 is 1. The third-order valence-electron chi connectivity index (χ3n) is 5.59. The predicted molar refractivity (Wildman–Crippen MR) is 101 cm³/mol. The smallest absolute Gasteiger partial charge is 0.226 e. The fourth-order valence-electron chi connectivity index (χ4n) is 3.93. The first-order chi connectivity index (χ1) is 13.5. The number of Topliss-reactive ketones (excluding diaryl/α,β-unsaturated/α-hetero) is 1. The molecule has 28 heavy (non-hydrogen) atoms. The van der Waals surface area contributed by atoms with Gasteiger partial charge in [-0.25, -0.2) is 4.39 Å². The number of hydrogen-bond donors (Lipinski definition) is 0. The van der Waals surface area contributed by atoms with Crippen LogP contribution in [0.2, 0.25) is 0 Å². The van der Waals surface area contributed by atoms with Gasteiger partial charge in [-0.3, -0.25) is 9.59 Å². The van der Waals surface area contributed by atoms with Gasteiger partial charge in [0.25, 0.3) is 0 Å². The lowest BCUT2D eigenvalue weighted by atomic mass is 9.82. The predicted octanol–water partition coefficient (Wildman–Crippen LogP) is 3.40. The molecule has 1 saturated heterocycles. The summed E-state index contributed by atoms with van der Waals surface area (Å²) >= 11 is 0. The van der Waals surface area contributed by atoms with E-state index in [1.807, 2.05) is 0 Å². The molecule has 0 aromatic heterocycles. The number of benzene rings is 2. The van der Waals surface area contributed by atoms with Crippen LogP contribution in [0, 0.1) is 5.82 Å². The third kappa shape index (κ3) is 3.59. The fraction of sp³-hybridized carbons (Fsp3) is 0.364. The van der Waals surface area contributed by atoms with Gasteiger partial charge in [0.2, 0.25) is 5.91 Å². The molecule has 4 rings (SSSR count). The maximum Gasteiger partial charge on any atom is 0.226 e. The van der Waals surface area contributed by atoms with E-state index in [0.29, 0.717) is 49.4 Å². The zero-order chi connectivity index (χ0) is 19.7. The molecule has 6 heteroatoms. The van der Waals surface area contributed by atoms with Gasteiger partial charge in [-0.15, -0.1) is 0 Å². The lowest BCUT2D eigenvalue weighted by molar-refractivity contribution is -0.134. The number of rotatable bonds is 3. The van der Waals surface area contributed by atoms with Crippen LogP contribution in [0.25, 0.3) is 0 Å². The molecule has 2 aliphatic heterocycles. The molecule has 0 saturated carbocycles. The molecule has 2 aromatic carbocycles. The van der Waals surface area contributed by atoms with E-state index in [9.17, 15) is 14.0 Å². The van der Waals surface area contributed by atoms with Crippen molar-refractivity contribution in [3.8, 4) is 11.5 Å². The average molecular weight is 383 g/mol. The molecule has 0 bridgehead atoms. The Balaban J connectivity index is 1.42. The van der Waals surface area contributed by atoms with E-state index in [2.05, 4.69) is 0 Å². The van der Waals surface area contributed by atoms with Crippen molar-refractivity contribution in [1.82, 2.24) is 4.90 Å². The highest BCUT2D eigenvalue weighted by atomic mass is 19.1. The van der Waals surface area contributed by atoms with Crippen molar-refractivity contribution in [2.75, 3.05) is 20.2 Å².